The second-order valence-corrected chi connectivity index (χ2v) is 6.51. The molecule has 0 radical (unpaired) electrons. The lowest BCUT2D eigenvalue weighted by Gasteiger charge is -2.41. The van der Waals surface area contributed by atoms with E-state index >= 15 is 0 Å². The van der Waals surface area contributed by atoms with Gasteiger partial charge < -0.3 is 14.2 Å². The number of ether oxygens (including phenoxy) is 1. The minimum Gasteiger partial charge on any atom is -0.484 e. The third-order valence-electron chi connectivity index (χ3n) is 4.70. The van der Waals surface area contributed by atoms with Gasteiger partial charge in [0.2, 0.25) is 0 Å². The average molecular weight is 347 g/mol. The predicted octanol–water partition coefficient (Wildman–Crippen LogP) is 3.32. The second-order valence-electron chi connectivity index (χ2n) is 6.51. The van der Waals surface area contributed by atoms with Crippen LogP contribution in [-0.2, 0) is 4.79 Å². The number of hydrogen-bond acceptors (Lipinski definition) is 3. The Kier molecular flexibility index (Phi) is 4.44. The highest BCUT2D eigenvalue weighted by atomic mass is 16.5. The third-order valence-corrected chi connectivity index (χ3v) is 4.70. The predicted molar refractivity (Wildman–Crippen MR) is 100.0 cm³/mol. The maximum Gasteiger partial charge on any atom is 0.260 e. The van der Waals surface area contributed by atoms with Crippen LogP contribution in [-0.4, -0.2) is 40.1 Å². The first-order chi connectivity index (χ1) is 12.7. The van der Waals surface area contributed by atoms with Crippen LogP contribution in [0.1, 0.15) is 11.7 Å². The van der Waals surface area contributed by atoms with E-state index in [0.29, 0.717) is 13.1 Å². The first-order valence-corrected chi connectivity index (χ1v) is 8.77. The number of aryl methyl sites for hydroxylation is 1. The van der Waals surface area contributed by atoms with E-state index < -0.39 is 0 Å². The highest BCUT2D eigenvalue weighted by molar-refractivity contribution is 5.78. The Morgan fingerprint density at radius 3 is 2.42 bits per heavy atom. The van der Waals surface area contributed by atoms with Crippen LogP contribution in [0.25, 0.3) is 11.4 Å². The number of benzene rings is 2. The number of imidazole rings is 1. The summed E-state index contributed by atoms with van der Waals surface area (Å²) >= 11 is 0. The van der Waals surface area contributed by atoms with Crippen molar-refractivity contribution in [1.29, 1.82) is 0 Å². The summed E-state index contributed by atoms with van der Waals surface area (Å²) in [5, 5.41) is 0. The number of nitrogens with zero attached hydrogens (tertiary/aromatic N) is 3. The third kappa shape index (κ3) is 3.20. The number of carbonyl (C=O) groups is 1. The number of likely N-dealkylation sites (tertiary alicyclic amines) is 1. The summed E-state index contributed by atoms with van der Waals surface area (Å²) in [5.41, 5.74) is 2.21. The SMILES string of the molecule is Cc1cnc(-c2ccccc2)n1C1CN(C(=O)COc2ccccc2)C1. The number of carbonyl (C=O) groups excluding carboxylic acids is 1. The van der Waals surface area contributed by atoms with Crippen molar-refractivity contribution in [2.45, 2.75) is 13.0 Å². The van der Waals surface area contributed by atoms with Crippen molar-refractivity contribution < 1.29 is 9.53 Å². The largest absolute Gasteiger partial charge is 0.484 e. The molecule has 0 atom stereocenters. The Bertz CT molecular complexity index is 884. The lowest BCUT2D eigenvalue weighted by molar-refractivity contribution is -0.139. The van der Waals surface area contributed by atoms with E-state index in [1.165, 1.54) is 0 Å². The summed E-state index contributed by atoms with van der Waals surface area (Å²) in [6, 6.07) is 19.8. The summed E-state index contributed by atoms with van der Waals surface area (Å²) in [7, 11) is 0. The molecule has 0 saturated carbocycles. The highest BCUT2D eigenvalue weighted by Gasteiger charge is 2.34. The van der Waals surface area contributed by atoms with Gasteiger partial charge >= 0.3 is 0 Å². The molecule has 0 unspecified atom stereocenters. The Balaban J connectivity index is 1.39. The van der Waals surface area contributed by atoms with Crippen LogP contribution in [0.2, 0.25) is 0 Å². The Morgan fingerprint density at radius 1 is 1.08 bits per heavy atom. The molecule has 2 aromatic carbocycles. The van der Waals surface area contributed by atoms with Crippen LogP contribution in [0, 0.1) is 6.92 Å². The van der Waals surface area contributed by atoms with Crippen molar-refractivity contribution in [2.24, 2.45) is 0 Å². The molecule has 0 spiro atoms. The molecule has 1 aliphatic heterocycles. The fourth-order valence-electron chi connectivity index (χ4n) is 3.28. The van der Waals surface area contributed by atoms with Gasteiger partial charge in [0.05, 0.1) is 6.04 Å². The number of hydrogen-bond donors (Lipinski definition) is 0. The zero-order chi connectivity index (χ0) is 17.9. The van der Waals surface area contributed by atoms with E-state index in [2.05, 4.69) is 28.6 Å². The van der Waals surface area contributed by atoms with Gasteiger partial charge in [-0.2, -0.15) is 0 Å². The Labute approximate surface area is 152 Å². The highest BCUT2D eigenvalue weighted by Crippen LogP contribution is 2.29. The standard InChI is InChI=1S/C21H21N3O2/c1-16-12-22-21(17-8-4-2-5-9-17)24(16)18-13-23(14-18)20(25)15-26-19-10-6-3-7-11-19/h2-12,18H,13-15H2,1H3. The van der Waals surface area contributed by atoms with Gasteiger partial charge in [0, 0.05) is 30.5 Å². The molecule has 132 valence electrons. The van der Waals surface area contributed by atoms with E-state index in [1.54, 1.807) is 0 Å². The monoisotopic (exact) mass is 347 g/mol. The van der Waals surface area contributed by atoms with Crippen molar-refractivity contribution in [3.05, 3.63) is 72.6 Å². The zero-order valence-corrected chi connectivity index (χ0v) is 14.7. The molecule has 4 rings (SSSR count). The molecular weight excluding hydrogens is 326 g/mol. The molecular formula is C21H21N3O2. The second kappa shape index (κ2) is 7.04. The summed E-state index contributed by atoms with van der Waals surface area (Å²) in [6.07, 6.45) is 1.89. The van der Waals surface area contributed by atoms with Gasteiger partial charge in [-0.15, -0.1) is 0 Å². The fourth-order valence-corrected chi connectivity index (χ4v) is 3.28. The van der Waals surface area contributed by atoms with Crippen molar-refractivity contribution in [2.75, 3.05) is 19.7 Å². The summed E-state index contributed by atoms with van der Waals surface area (Å²) < 4.78 is 7.79. The minimum atomic E-state index is 0.0177. The average Bonchev–Trinajstić information content (AvgIpc) is 3.02. The molecule has 1 amide bonds. The van der Waals surface area contributed by atoms with Gasteiger partial charge in [0.1, 0.15) is 11.6 Å². The van der Waals surface area contributed by atoms with Crippen LogP contribution in [0.15, 0.2) is 66.9 Å². The van der Waals surface area contributed by atoms with Gasteiger partial charge in [-0.05, 0) is 19.1 Å². The summed E-state index contributed by atoms with van der Waals surface area (Å²) in [6.45, 7) is 3.51. The quantitative estimate of drug-likeness (QED) is 0.711. The maximum absolute atomic E-state index is 12.3. The first kappa shape index (κ1) is 16.4. The van der Waals surface area contributed by atoms with Gasteiger partial charge in [0.15, 0.2) is 6.61 Å². The summed E-state index contributed by atoms with van der Waals surface area (Å²) in [5.74, 6) is 1.69. The lowest BCUT2D eigenvalue weighted by atomic mass is 10.1. The molecule has 26 heavy (non-hydrogen) atoms. The molecule has 0 aliphatic carbocycles. The van der Waals surface area contributed by atoms with Crippen LogP contribution in [0.3, 0.4) is 0 Å². The molecule has 5 nitrogen and oxygen atoms in total. The number of aromatic nitrogens is 2. The zero-order valence-electron chi connectivity index (χ0n) is 14.7. The minimum absolute atomic E-state index is 0.0177. The van der Waals surface area contributed by atoms with Gasteiger partial charge in [-0.25, -0.2) is 4.98 Å². The van der Waals surface area contributed by atoms with E-state index in [9.17, 15) is 4.79 Å². The normalized spacial score (nSPS) is 14.1. The molecule has 5 heteroatoms. The number of rotatable bonds is 5. The molecule has 0 N–H and O–H groups in total. The molecule has 1 aliphatic rings. The van der Waals surface area contributed by atoms with E-state index in [1.807, 2.05) is 59.6 Å². The van der Waals surface area contributed by atoms with Gasteiger partial charge in [-0.1, -0.05) is 48.5 Å². The lowest BCUT2D eigenvalue weighted by Crippen LogP contribution is -2.52. The van der Waals surface area contributed by atoms with E-state index in [4.69, 9.17) is 4.74 Å². The smallest absolute Gasteiger partial charge is 0.260 e. The molecule has 1 aromatic heterocycles. The van der Waals surface area contributed by atoms with Crippen molar-refractivity contribution in [3.8, 4) is 17.1 Å². The molecule has 1 saturated heterocycles. The molecule has 1 fully saturated rings. The van der Waals surface area contributed by atoms with Crippen LogP contribution < -0.4 is 4.74 Å². The van der Waals surface area contributed by atoms with Gasteiger partial charge in [0.25, 0.3) is 5.91 Å². The first-order valence-electron chi connectivity index (χ1n) is 8.77. The van der Waals surface area contributed by atoms with Crippen LogP contribution >= 0.6 is 0 Å². The van der Waals surface area contributed by atoms with E-state index in [0.717, 1.165) is 22.8 Å². The Hall–Kier alpha value is -3.08. The van der Waals surface area contributed by atoms with Crippen LogP contribution in [0.5, 0.6) is 5.75 Å². The number of amides is 1. The van der Waals surface area contributed by atoms with Gasteiger partial charge in [-0.3, -0.25) is 4.79 Å². The van der Waals surface area contributed by atoms with E-state index in [-0.39, 0.29) is 18.6 Å². The molecule has 2 heterocycles. The van der Waals surface area contributed by atoms with Crippen LogP contribution in [0.4, 0.5) is 0 Å². The topological polar surface area (TPSA) is 47.4 Å². The fraction of sp³-hybridized carbons (Fsp3) is 0.238. The maximum atomic E-state index is 12.3. The van der Waals surface area contributed by atoms with Crippen molar-refractivity contribution >= 4 is 5.91 Å². The summed E-state index contributed by atoms with van der Waals surface area (Å²) in [4.78, 5) is 18.7. The van der Waals surface area contributed by atoms with Crippen molar-refractivity contribution in [3.63, 3.8) is 0 Å². The molecule has 3 aromatic rings. The Morgan fingerprint density at radius 2 is 1.73 bits per heavy atom. The molecule has 0 bridgehead atoms. The van der Waals surface area contributed by atoms with Crippen molar-refractivity contribution in [1.82, 2.24) is 14.5 Å². The number of para-hydroxylation sites is 1.